The van der Waals surface area contributed by atoms with Crippen molar-refractivity contribution in [1.29, 1.82) is 0 Å². The van der Waals surface area contributed by atoms with Gasteiger partial charge in [-0.1, -0.05) is 38.8 Å². The molecule has 108 valence electrons. The number of nitrogens with one attached hydrogen (secondary N) is 1. The molecule has 1 aromatic heterocycles. The maximum absolute atomic E-state index is 5.73. The van der Waals surface area contributed by atoms with Crippen LogP contribution in [0.1, 0.15) is 30.8 Å². The molecule has 0 fully saturated rings. The normalized spacial score (nSPS) is 12.6. The minimum absolute atomic E-state index is 0.0295. The highest BCUT2D eigenvalue weighted by Gasteiger charge is 2.15. The average molecular weight is 402 g/mol. The van der Waals surface area contributed by atoms with Crippen molar-refractivity contribution >= 4 is 31.9 Å². The van der Waals surface area contributed by atoms with Gasteiger partial charge in [0.15, 0.2) is 0 Å². The third kappa shape index (κ3) is 3.91. The number of hydrazine groups is 1. The van der Waals surface area contributed by atoms with E-state index in [4.69, 9.17) is 5.84 Å². The molecule has 1 heterocycles. The summed E-state index contributed by atoms with van der Waals surface area (Å²) >= 11 is 7.02. The van der Waals surface area contributed by atoms with Crippen molar-refractivity contribution in [3.05, 3.63) is 50.9 Å². The van der Waals surface area contributed by atoms with Gasteiger partial charge in [0.05, 0.1) is 6.04 Å². The molecule has 2 rings (SSSR count). The van der Waals surface area contributed by atoms with Gasteiger partial charge in [0.25, 0.3) is 0 Å². The first kappa shape index (κ1) is 15.7. The van der Waals surface area contributed by atoms with E-state index >= 15 is 0 Å². The van der Waals surface area contributed by atoms with Crippen LogP contribution in [-0.2, 0) is 13.0 Å². The maximum Gasteiger partial charge on any atom is 0.110 e. The summed E-state index contributed by atoms with van der Waals surface area (Å²) in [6.07, 6.45) is 5.71. The van der Waals surface area contributed by atoms with Gasteiger partial charge in [-0.25, -0.2) is 4.98 Å². The second kappa shape index (κ2) is 7.36. The van der Waals surface area contributed by atoms with E-state index in [1.54, 1.807) is 0 Å². The molecule has 0 saturated carbocycles. The Kier molecular flexibility index (Phi) is 5.77. The Morgan fingerprint density at radius 3 is 2.60 bits per heavy atom. The number of halogens is 2. The highest BCUT2D eigenvalue weighted by molar-refractivity contribution is 9.11. The van der Waals surface area contributed by atoms with Crippen LogP contribution >= 0.6 is 31.9 Å². The lowest BCUT2D eigenvalue weighted by molar-refractivity contribution is 0.516. The van der Waals surface area contributed by atoms with Crippen molar-refractivity contribution in [2.45, 2.75) is 32.4 Å². The lowest BCUT2D eigenvalue weighted by Gasteiger charge is -2.17. The number of hydrogen-bond acceptors (Lipinski definition) is 3. The minimum Gasteiger partial charge on any atom is -0.335 e. The van der Waals surface area contributed by atoms with Gasteiger partial charge < -0.3 is 4.57 Å². The van der Waals surface area contributed by atoms with Crippen molar-refractivity contribution in [1.82, 2.24) is 15.0 Å². The van der Waals surface area contributed by atoms with Gasteiger partial charge in [-0.3, -0.25) is 11.3 Å². The summed E-state index contributed by atoms with van der Waals surface area (Å²) in [5, 5.41) is 0. The monoisotopic (exact) mass is 400 g/mol. The number of rotatable bonds is 6. The SMILES string of the molecule is CCCn1ccnc1CC(NN)c1cc(Br)cc(Br)c1. The van der Waals surface area contributed by atoms with Crippen LogP contribution < -0.4 is 11.3 Å². The van der Waals surface area contributed by atoms with E-state index in [0.717, 1.165) is 39.7 Å². The molecule has 1 aromatic carbocycles. The molecular weight excluding hydrogens is 384 g/mol. The lowest BCUT2D eigenvalue weighted by atomic mass is 10.0. The Morgan fingerprint density at radius 2 is 2.00 bits per heavy atom. The van der Waals surface area contributed by atoms with Crippen LogP contribution in [0, 0.1) is 0 Å². The fourth-order valence-corrected chi connectivity index (χ4v) is 3.54. The predicted molar refractivity (Wildman–Crippen MR) is 88.1 cm³/mol. The van der Waals surface area contributed by atoms with E-state index in [2.05, 4.69) is 65.9 Å². The molecule has 0 amide bonds. The van der Waals surface area contributed by atoms with Crippen molar-refractivity contribution in [3.63, 3.8) is 0 Å². The number of nitrogens with zero attached hydrogens (tertiary/aromatic N) is 2. The molecule has 0 saturated heterocycles. The van der Waals surface area contributed by atoms with Crippen molar-refractivity contribution < 1.29 is 0 Å². The Balaban J connectivity index is 2.22. The maximum atomic E-state index is 5.73. The third-order valence-electron chi connectivity index (χ3n) is 3.14. The number of aryl methyl sites for hydroxylation is 1. The first-order valence-corrected chi connectivity index (χ1v) is 8.14. The van der Waals surface area contributed by atoms with E-state index in [1.165, 1.54) is 0 Å². The molecule has 3 N–H and O–H groups in total. The summed E-state index contributed by atoms with van der Waals surface area (Å²) in [5.74, 6) is 6.78. The van der Waals surface area contributed by atoms with E-state index in [1.807, 2.05) is 18.5 Å². The van der Waals surface area contributed by atoms with Crippen LogP contribution in [-0.4, -0.2) is 9.55 Å². The predicted octanol–water partition coefficient (Wildman–Crippen LogP) is 3.57. The molecule has 1 unspecified atom stereocenters. The Labute approximate surface area is 136 Å². The van der Waals surface area contributed by atoms with Crippen molar-refractivity contribution in [2.75, 3.05) is 0 Å². The molecular formula is C14H18Br2N4. The molecule has 4 nitrogen and oxygen atoms in total. The van der Waals surface area contributed by atoms with Crippen molar-refractivity contribution in [2.24, 2.45) is 5.84 Å². The largest absolute Gasteiger partial charge is 0.335 e. The van der Waals surface area contributed by atoms with E-state index in [9.17, 15) is 0 Å². The topological polar surface area (TPSA) is 55.9 Å². The number of benzene rings is 1. The van der Waals surface area contributed by atoms with Crippen LogP contribution in [0.4, 0.5) is 0 Å². The fourth-order valence-electron chi connectivity index (χ4n) is 2.21. The Morgan fingerprint density at radius 1 is 1.30 bits per heavy atom. The Hall–Kier alpha value is -0.690. The van der Waals surface area contributed by atoms with Gasteiger partial charge in [-0.05, 0) is 30.2 Å². The van der Waals surface area contributed by atoms with E-state index < -0.39 is 0 Å². The molecule has 0 aliphatic carbocycles. The molecule has 0 radical (unpaired) electrons. The number of aromatic nitrogens is 2. The summed E-state index contributed by atoms with van der Waals surface area (Å²) in [6, 6.07) is 6.18. The highest BCUT2D eigenvalue weighted by atomic mass is 79.9. The Bertz CT molecular complexity index is 548. The fraction of sp³-hybridized carbons (Fsp3) is 0.357. The second-order valence-electron chi connectivity index (χ2n) is 4.66. The zero-order valence-electron chi connectivity index (χ0n) is 11.3. The molecule has 0 bridgehead atoms. The summed E-state index contributed by atoms with van der Waals surface area (Å²) < 4.78 is 4.23. The minimum atomic E-state index is 0.0295. The molecule has 0 aliphatic heterocycles. The smallest absolute Gasteiger partial charge is 0.110 e. The van der Waals surface area contributed by atoms with Crippen LogP contribution in [0.2, 0.25) is 0 Å². The van der Waals surface area contributed by atoms with Gasteiger partial charge in [0, 0.05) is 34.3 Å². The molecule has 1 atom stereocenters. The van der Waals surface area contributed by atoms with Crippen LogP contribution in [0.25, 0.3) is 0 Å². The van der Waals surface area contributed by atoms with Crippen LogP contribution in [0.3, 0.4) is 0 Å². The number of imidazole rings is 1. The summed E-state index contributed by atoms with van der Waals surface area (Å²) in [6.45, 7) is 3.14. The standard InChI is InChI=1S/C14H18Br2N4/c1-2-4-20-5-3-18-14(20)9-13(19-17)10-6-11(15)8-12(16)7-10/h3,5-8,13,19H,2,4,9,17H2,1H3. The summed E-state index contributed by atoms with van der Waals surface area (Å²) in [4.78, 5) is 4.44. The van der Waals surface area contributed by atoms with E-state index in [0.29, 0.717) is 0 Å². The van der Waals surface area contributed by atoms with Gasteiger partial charge >= 0.3 is 0 Å². The summed E-state index contributed by atoms with van der Waals surface area (Å²) in [7, 11) is 0. The van der Waals surface area contributed by atoms with E-state index in [-0.39, 0.29) is 6.04 Å². The molecule has 20 heavy (non-hydrogen) atoms. The number of hydrogen-bond donors (Lipinski definition) is 2. The van der Waals surface area contributed by atoms with Gasteiger partial charge in [-0.15, -0.1) is 0 Å². The first-order valence-electron chi connectivity index (χ1n) is 6.56. The third-order valence-corrected chi connectivity index (χ3v) is 4.06. The second-order valence-corrected chi connectivity index (χ2v) is 6.49. The van der Waals surface area contributed by atoms with Crippen LogP contribution in [0.5, 0.6) is 0 Å². The summed E-state index contributed by atoms with van der Waals surface area (Å²) in [5.41, 5.74) is 4.01. The quantitative estimate of drug-likeness (QED) is 0.574. The number of nitrogens with two attached hydrogens (primary N) is 1. The van der Waals surface area contributed by atoms with Crippen LogP contribution in [0.15, 0.2) is 39.5 Å². The molecule has 0 aliphatic rings. The van der Waals surface area contributed by atoms with Crippen molar-refractivity contribution in [3.8, 4) is 0 Å². The van der Waals surface area contributed by atoms with Gasteiger partial charge in [-0.2, -0.15) is 0 Å². The molecule has 2 aromatic rings. The zero-order valence-corrected chi connectivity index (χ0v) is 14.5. The van der Waals surface area contributed by atoms with Gasteiger partial charge in [0.1, 0.15) is 5.82 Å². The molecule has 0 spiro atoms. The highest BCUT2D eigenvalue weighted by Crippen LogP contribution is 2.25. The molecule has 6 heteroatoms. The average Bonchev–Trinajstić information content (AvgIpc) is 2.82. The zero-order chi connectivity index (χ0) is 14.5. The lowest BCUT2D eigenvalue weighted by Crippen LogP contribution is -2.30. The first-order chi connectivity index (χ1) is 9.63. The van der Waals surface area contributed by atoms with Gasteiger partial charge in [0.2, 0.25) is 0 Å².